The molecule has 2 fully saturated rings. The molecule has 0 radical (unpaired) electrons. The minimum Gasteiger partial charge on any atom is -0.368 e. The number of hydrogen-bond donors (Lipinski definition) is 0. The number of piperidine rings is 1. The van der Waals surface area contributed by atoms with Crippen LogP contribution in [0.15, 0.2) is 47.0 Å². The number of halogens is 3. The number of benzene rings is 2. The van der Waals surface area contributed by atoms with E-state index < -0.39 is 0 Å². The molecular formula is C25H26Cl2FN5O2. The van der Waals surface area contributed by atoms with Crippen LogP contribution < -0.4 is 4.90 Å². The van der Waals surface area contributed by atoms with Gasteiger partial charge in [-0.15, -0.1) is 0 Å². The molecule has 1 unspecified atom stereocenters. The number of anilines is 1. The first-order valence-corrected chi connectivity index (χ1v) is 12.5. The third kappa shape index (κ3) is 5.60. The first-order valence-electron chi connectivity index (χ1n) is 11.8. The molecule has 5 rings (SSSR count). The van der Waals surface area contributed by atoms with E-state index in [1.807, 2.05) is 4.90 Å². The third-order valence-electron chi connectivity index (χ3n) is 6.64. The Labute approximate surface area is 213 Å². The van der Waals surface area contributed by atoms with Crippen molar-refractivity contribution in [3.63, 3.8) is 0 Å². The zero-order chi connectivity index (χ0) is 24.4. The first-order chi connectivity index (χ1) is 17.0. The highest BCUT2D eigenvalue weighted by Crippen LogP contribution is 2.29. The molecule has 35 heavy (non-hydrogen) atoms. The number of hydrogen-bond acceptors (Lipinski definition) is 6. The maximum absolute atomic E-state index is 13.2. The minimum atomic E-state index is -0.241. The van der Waals surface area contributed by atoms with Gasteiger partial charge in [0.05, 0.1) is 17.5 Å². The average Bonchev–Trinajstić information content (AvgIpc) is 3.32. The van der Waals surface area contributed by atoms with E-state index in [2.05, 4.69) is 19.9 Å². The lowest BCUT2D eigenvalue weighted by Crippen LogP contribution is -2.52. The van der Waals surface area contributed by atoms with Crippen LogP contribution >= 0.6 is 23.2 Å². The van der Waals surface area contributed by atoms with Gasteiger partial charge in [-0.1, -0.05) is 28.4 Å². The molecule has 7 nitrogen and oxygen atoms in total. The number of rotatable bonds is 5. The van der Waals surface area contributed by atoms with Crippen LogP contribution in [0.5, 0.6) is 0 Å². The number of aromatic nitrogens is 2. The molecule has 2 aromatic carbocycles. The highest BCUT2D eigenvalue weighted by atomic mass is 35.5. The summed E-state index contributed by atoms with van der Waals surface area (Å²) in [6.07, 6.45) is 1.82. The van der Waals surface area contributed by atoms with Gasteiger partial charge >= 0.3 is 0 Å². The summed E-state index contributed by atoms with van der Waals surface area (Å²) < 4.78 is 18.7. The van der Waals surface area contributed by atoms with Gasteiger partial charge in [-0.05, 0) is 61.9 Å². The van der Waals surface area contributed by atoms with Crippen LogP contribution in [-0.4, -0.2) is 65.1 Å². The van der Waals surface area contributed by atoms with Crippen LogP contribution in [0.25, 0.3) is 11.4 Å². The molecule has 0 spiro atoms. The van der Waals surface area contributed by atoms with E-state index in [1.165, 1.54) is 12.1 Å². The summed E-state index contributed by atoms with van der Waals surface area (Å²) in [5, 5.41) is 5.08. The number of nitrogens with zero attached hydrogens (tertiary/aromatic N) is 5. The Morgan fingerprint density at radius 2 is 1.83 bits per heavy atom. The molecule has 1 amide bonds. The molecule has 3 heterocycles. The average molecular weight is 518 g/mol. The van der Waals surface area contributed by atoms with Gasteiger partial charge in [0.1, 0.15) is 5.82 Å². The Balaban J connectivity index is 1.16. The van der Waals surface area contributed by atoms with E-state index in [0.717, 1.165) is 38.2 Å². The van der Waals surface area contributed by atoms with Crippen molar-refractivity contribution in [3.8, 4) is 11.4 Å². The van der Waals surface area contributed by atoms with Crippen molar-refractivity contribution in [1.29, 1.82) is 0 Å². The Bertz CT molecular complexity index is 1180. The van der Waals surface area contributed by atoms with E-state index >= 15 is 0 Å². The highest BCUT2D eigenvalue weighted by molar-refractivity contribution is 6.36. The molecule has 184 valence electrons. The number of amides is 1. The lowest BCUT2D eigenvalue weighted by molar-refractivity contribution is -0.137. The number of carbonyl (C=O) groups is 1. The van der Waals surface area contributed by atoms with Crippen LogP contribution in [0.2, 0.25) is 10.0 Å². The van der Waals surface area contributed by atoms with Crippen molar-refractivity contribution >= 4 is 34.8 Å². The number of carbonyl (C=O) groups excluding carboxylic acids is 1. The fourth-order valence-corrected chi connectivity index (χ4v) is 5.28. The van der Waals surface area contributed by atoms with Gasteiger partial charge in [0.2, 0.25) is 17.6 Å². The fraction of sp³-hybridized carbons (Fsp3) is 0.400. The molecule has 0 saturated carbocycles. The van der Waals surface area contributed by atoms with Gasteiger partial charge in [0.25, 0.3) is 0 Å². The predicted molar refractivity (Wildman–Crippen MR) is 133 cm³/mol. The third-order valence-corrected chi connectivity index (χ3v) is 7.18. The van der Waals surface area contributed by atoms with Crippen LogP contribution in [0, 0.1) is 11.7 Å². The van der Waals surface area contributed by atoms with Crippen LogP contribution in [0.1, 0.15) is 18.7 Å². The lowest BCUT2D eigenvalue weighted by atomic mass is 9.96. The fourth-order valence-electron chi connectivity index (χ4n) is 4.79. The van der Waals surface area contributed by atoms with Gasteiger partial charge in [0, 0.05) is 49.0 Å². The van der Waals surface area contributed by atoms with Crippen molar-refractivity contribution in [2.45, 2.75) is 19.4 Å². The molecule has 2 aliphatic heterocycles. The smallest absolute Gasteiger partial charge is 0.241 e. The molecule has 0 bridgehead atoms. The van der Waals surface area contributed by atoms with Crippen molar-refractivity contribution in [2.24, 2.45) is 5.92 Å². The van der Waals surface area contributed by atoms with Gasteiger partial charge in [-0.3, -0.25) is 9.69 Å². The molecule has 10 heteroatoms. The monoisotopic (exact) mass is 517 g/mol. The highest BCUT2D eigenvalue weighted by Gasteiger charge is 2.31. The lowest BCUT2D eigenvalue weighted by Gasteiger charge is -2.39. The van der Waals surface area contributed by atoms with E-state index in [1.54, 1.807) is 30.3 Å². The Morgan fingerprint density at radius 3 is 2.57 bits per heavy atom. The standard InChI is InChI=1S/C25H26Cl2FN5O2/c26-18-3-8-21(22(27)14-18)24-29-23(35-30-24)16-31-9-1-2-17(15-31)25(34)33-12-10-32(11-13-33)20-6-4-19(28)5-7-20/h3-8,14,17H,1-2,9-13,15-16H2. The molecular weight excluding hydrogens is 492 g/mol. The van der Waals surface area contributed by atoms with E-state index in [0.29, 0.717) is 53.5 Å². The summed E-state index contributed by atoms with van der Waals surface area (Å²) in [6.45, 7) is 4.85. The maximum Gasteiger partial charge on any atom is 0.241 e. The Kier molecular flexibility index (Phi) is 7.22. The zero-order valence-electron chi connectivity index (χ0n) is 19.2. The Morgan fingerprint density at radius 1 is 1.06 bits per heavy atom. The normalized spacial score (nSPS) is 19.2. The van der Waals surface area contributed by atoms with Crippen LogP contribution in [-0.2, 0) is 11.3 Å². The number of likely N-dealkylation sites (tertiary alicyclic amines) is 1. The first kappa shape index (κ1) is 24.0. The minimum absolute atomic E-state index is 0.0470. The molecule has 1 aromatic heterocycles. The van der Waals surface area contributed by atoms with Gasteiger partial charge in [-0.2, -0.15) is 4.98 Å². The maximum atomic E-state index is 13.2. The van der Waals surface area contributed by atoms with Crippen molar-refractivity contribution in [2.75, 3.05) is 44.2 Å². The summed E-state index contributed by atoms with van der Waals surface area (Å²) in [5.74, 6) is 0.828. The summed E-state index contributed by atoms with van der Waals surface area (Å²) in [7, 11) is 0. The quantitative estimate of drug-likeness (QED) is 0.486. The van der Waals surface area contributed by atoms with Gasteiger partial charge in [-0.25, -0.2) is 4.39 Å². The van der Waals surface area contributed by atoms with Crippen molar-refractivity contribution in [1.82, 2.24) is 19.9 Å². The topological polar surface area (TPSA) is 65.7 Å². The predicted octanol–water partition coefficient (Wildman–Crippen LogP) is 4.74. The SMILES string of the molecule is O=C(C1CCCN(Cc2nc(-c3ccc(Cl)cc3Cl)no2)C1)N1CCN(c2ccc(F)cc2)CC1. The van der Waals surface area contributed by atoms with Crippen LogP contribution in [0.3, 0.4) is 0 Å². The zero-order valence-corrected chi connectivity index (χ0v) is 20.7. The largest absolute Gasteiger partial charge is 0.368 e. The summed E-state index contributed by atoms with van der Waals surface area (Å²) in [6, 6.07) is 11.7. The van der Waals surface area contributed by atoms with E-state index in [9.17, 15) is 9.18 Å². The molecule has 3 aromatic rings. The van der Waals surface area contributed by atoms with Crippen LogP contribution in [0.4, 0.5) is 10.1 Å². The second-order valence-corrected chi connectivity index (χ2v) is 9.84. The van der Waals surface area contributed by atoms with Gasteiger partial charge < -0.3 is 14.3 Å². The summed E-state index contributed by atoms with van der Waals surface area (Å²) in [4.78, 5) is 24.1. The number of piperazine rings is 1. The van der Waals surface area contributed by atoms with E-state index in [4.69, 9.17) is 27.7 Å². The van der Waals surface area contributed by atoms with Gasteiger partial charge in [0.15, 0.2) is 0 Å². The Hall–Kier alpha value is -2.68. The molecule has 2 saturated heterocycles. The van der Waals surface area contributed by atoms with Crippen molar-refractivity contribution in [3.05, 3.63) is 64.2 Å². The summed E-state index contributed by atoms with van der Waals surface area (Å²) in [5.41, 5.74) is 1.65. The van der Waals surface area contributed by atoms with Crippen molar-refractivity contribution < 1.29 is 13.7 Å². The molecule has 0 N–H and O–H groups in total. The second-order valence-electron chi connectivity index (χ2n) is 9.00. The molecule has 0 aliphatic carbocycles. The second kappa shape index (κ2) is 10.5. The summed E-state index contributed by atoms with van der Waals surface area (Å²) >= 11 is 12.2. The molecule has 2 aliphatic rings. The van der Waals surface area contributed by atoms with E-state index in [-0.39, 0.29) is 17.6 Å². The molecule has 1 atom stereocenters.